The van der Waals surface area contributed by atoms with Crippen LogP contribution in [0.3, 0.4) is 0 Å². The van der Waals surface area contributed by atoms with Crippen LogP contribution < -0.4 is 33.7 Å². The van der Waals surface area contributed by atoms with Gasteiger partial charge in [-0.05, 0) is 42.3 Å². The van der Waals surface area contributed by atoms with Crippen molar-refractivity contribution in [2.45, 2.75) is 98.2 Å². The second-order valence-corrected chi connectivity index (χ2v) is 14.7. The first-order valence-corrected chi connectivity index (χ1v) is 18.4. The number of carbonyl (C=O) groups is 1. The summed E-state index contributed by atoms with van der Waals surface area (Å²) in [6.07, 6.45) is -17.7. The SMILES string of the molecule is Cl.Cl.Cl.Cl.NC[C@H]1O[C@H](O[C@H]2[C@H](O)[C@@H](O[C@H]3O[C@H](CNC(=O)c4ccccc4-c4c5ccc(=O)cc-5oc5cc(O)ccc45)[C@@H](O)[C@H](N)[C@H]3O)[C@H](N)C[C@@H]2N)[C@H](O)[C@@H](O)[C@@H]1O. The van der Waals surface area contributed by atoms with Crippen LogP contribution in [0.1, 0.15) is 16.8 Å². The second kappa shape index (κ2) is 21.6. The van der Waals surface area contributed by atoms with Crippen molar-refractivity contribution in [3.63, 3.8) is 0 Å². The third kappa shape index (κ3) is 10.4. The summed E-state index contributed by atoms with van der Waals surface area (Å²) in [5.74, 6) is -0.406. The Morgan fingerprint density at radius 2 is 1.34 bits per heavy atom. The number of halogens is 4. The monoisotopic (exact) mass is 941 g/mol. The summed E-state index contributed by atoms with van der Waals surface area (Å²) in [6, 6.07) is 12.3. The Hall–Kier alpha value is -3.00. The van der Waals surface area contributed by atoms with Crippen molar-refractivity contribution < 1.29 is 63.9 Å². The number of nitrogens with two attached hydrogens (primary N) is 4. The summed E-state index contributed by atoms with van der Waals surface area (Å²) in [6.45, 7) is -0.539. The number of hydrogen-bond donors (Lipinski definition) is 12. The number of rotatable bonds is 9. The van der Waals surface area contributed by atoms with Crippen LogP contribution in [0, 0.1) is 0 Å². The molecule has 0 bridgehead atoms. The molecule has 61 heavy (non-hydrogen) atoms. The molecule has 15 atom stereocenters. The highest BCUT2D eigenvalue weighted by molar-refractivity contribution is 6.09. The quantitative estimate of drug-likeness (QED) is 0.0843. The van der Waals surface area contributed by atoms with Gasteiger partial charge in [-0.1, -0.05) is 18.2 Å². The van der Waals surface area contributed by atoms with Gasteiger partial charge in [0.05, 0.1) is 12.1 Å². The van der Waals surface area contributed by atoms with Crippen molar-refractivity contribution in [3.05, 3.63) is 76.5 Å². The third-order valence-corrected chi connectivity index (χ3v) is 10.9. The first kappa shape index (κ1) is 52.3. The normalized spacial score (nSPS) is 33.6. The summed E-state index contributed by atoms with van der Waals surface area (Å²) in [7, 11) is 0. The molecular formula is C38H51Cl4N5O14. The van der Waals surface area contributed by atoms with Crippen molar-refractivity contribution in [3.8, 4) is 28.2 Å². The molecule has 3 fully saturated rings. The standard InChI is InChI=1S/C38H47N5O14.4ClH/c39-12-24-29(47)31(49)32(50)38(54-24)57-35-21(41)11-20(40)34(33(35)51)56-37-30(48)27(42)28(46)25(55-37)13-43-36(52)17-4-2-1-3-16(17)26-18-7-5-14(44)9-22(18)53-23-10-15(45)6-8-19(23)26;;;;/h1-10,20-21,24-25,27-35,37-38,44,46-51H,11-13,39-42H2,(H,43,52);4*1H/t20-,21+,24-,25-,27+,28-,29-,30-,31+,32-,33-,34+,35-,37-,38-;;;;/m1..../s1. The first-order valence-electron chi connectivity index (χ1n) is 18.4. The lowest BCUT2D eigenvalue weighted by atomic mass is 9.84. The highest BCUT2D eigenvalue weighted by Crippen LogP contribution is 2.42. The molecule has 340 valence electrons. The molecule has 0 radical (unpaired) electrons. The number of nitrogens with one attached hydrogen (secondary N) is 1. The van der Waals surface area contributed by atoms with E-state index in [4.69, 9.17) is 46.3 Å². The Morgan fingerprint density at radius 3 is 2.00 bits per heavy atom. The van der Waals surface area contributed by atoms with Crippen molar-refractivity contribution in [1.29, 1.82) is 0 Å². The van der Waals surface area contributed by atoms with Crippen molar-refractivity contribution in [2.24, 2.45) is 22.9 Å². The molecule has 2 aromatic carbocycles. The number of ether oxygens (including phenoxy) is 4. The van der Waals surface area contributed by atoms with Crippen molar-refractivity contribution in [2.75, 3.05) is 13.1 Å². The van der Waals surface area contributed by atoms with Crippen LogP contribution in [0.2, 0.25) is 0 Å². The highest BCUT2D eigenvalue weighted by Gasteiger charge is 2.51. The lowest BCUT2D eigenvalue weighted by Gasteiger charge is -2.48. The van der Waals surface area contributed by atoms with Gasteiger partial charge in [-0.3, -0.25) is 9.59 Å². The number of phenols is 1. The van der Waals surface area contributed by atoms with E-state index in [1.165, 1.54) is 24.3 Å². The summed E-state index contributed by atoms with van der Waals surface area (Å²) < 4.78 is 29.3. The maximum Gasteiger partial charge on any atom is 0.252 e. The van der Waals surface area contributed by atoms with Crippen LogP contribution in [0.25, 0.3) is 33.4 Å². The van der Waals surface area contributed by atoms with Crippen molar-refractivity contribution in [1.82, 2.24) is 5.32 Å². The van der Waals surface area contributed by atoms with E-state index >= 15 is 0 Å². The molecule has 23 heteroatoms. The van der Waals surface area contributed by atoms with Gasteiger partial charge in [-0.15, -0.1) is 49.6 Å². The first-order chi connectivity index (χ1) is 27.2. The molecule has 7 rings (SSSR count). The molecule has 1 amide bonds. The van der Waals surface area contributed by atoms with E-state index in [1.807, 2.05) is 0 Å². The lowest BCUT2D eigenvalue weighted by Crippen LogP contribution is -2.68. The zero-order valence-corrected chi connectivity index (χ0v) is 35.3. The fourth-order valence-electron chi connectivity index (χ4n) is 7.76. The molecule has 2 saturated heterocycles. The van der Waals surface area contributed by atoms with Gasteiger partial charge < -0.3 is 87.4 Å². The average Bonchev–Trinajstić information content (AvgIpc) is 3.19. The van der Waals surface area contributed by atoms with Gasteiger partial charge in [0.15, 0.2) is 18.0 Å². The zero-order chi connectivity index (χ0) is 40.9. The number of carbonyl (C=O) groups excluding carboxylic acids is 1. The molecular weight excluding hydrogens is 892 g/mol. The predicted octanol–water partition coefficient (Wildman–Crippen LogP) is -1.58. The van der Waals surface area contributed by atoms with E-state index in [1.54, 1.807) is 36.4 Å². The lowest BCUT2D eigenvalue weighted by molar-refractivity contribution is -0.330. The second-order valence-electron chi connectivity index (χ2n) is 14.7. The molecule has 5 aliphatic rings. The number of aromatic hydroxyl groups is 1. The molecule has 3 aliphatic heterocycles. The van der Waals surface area contributed by atoms with Crippen LogP contribution >= 0.6 is 49.6 Å². The molecule has 1 saturated carbocycles. The largest absolute Gasteiger partial charge is 0.508 e. The Kier molecular flexibility index (Phi) is 18.5. The molecule has 2 aromatic rings. The number of benzene rings is 3. The van der Waals surface area contributed by atoms with E-state index in [0.29, 0.717) is 22.1 Å². The minimum Gasteiger partial charge on any atom is -0.508 e. The number of phenolic OH excluding ortho intramolecular Hbond substituents is 1. The van der Waals surface area contributed by atoms with E-state index in [-0.39, 0.29) is 97.2 Å². The fourth-order valence-corrected chi connectivity index (χ4v) is 7.76. The Bertz CT molecular complexity index is 2110. The average molecular weight is 944 g/mol. The summed E-state index contributed by atoms with van der Waals surface area (Å²) in [5.41, 5.74) is 26.2. The number of amides is 1. The fraction of sp³-hybridized carbons (Fsp3) is 0.474. The Balaban J connectivity index is 0.00000248. The minimum absolute atomic E-state index is 0. The maximum absolute atomic E-state index is 13.9. The topological polar surface area (TPSA) is 342 Å². The van der Waals surface area contributed by atoms with Gasteiger partial charge in [0.2, 0.25) is 0 Å². The number of aliphatic hydroxyl groups excluding tert-OH is 6. The molecule has 3 heterocycles. The Labute approximate surface area is 373 Å². The van der Waals surface area contributed by atoms with Gasteiger partial charge in [-0.25, -0.2) is 0 Å². The van der Waals surface area contributed by atoms with Gasteiger partial charge >= 0.3 is 0 Å². The predicted molar refractivity (Wildman–Crippen MR) is 228 cm³/mol. The Morgan fingerprint density at radius 1 is 0.721 bits per heavy atom. The summed E-state index contributed by atoms with van der Waals surface area (Å²) >= 11 is 0. The molecule has 0 unspecified atom stereocenters. The van der Waals surface area contributed by atoms with Crippen LogP contribution in [-0.4, -0.2) is 146 Å². The zero-order valence-electron chi connectivity index (χ0n) is 32.0. The van der Waals surface area contributed by atoms with Crippen LogP contribution in [0.15, 0.2) is 69.9 Å². The van der Waals surface area contributed by atoms with Gasteiger partial charge in [0.25, 0.3) is 5.91 Å². The number of hydrogen-bond acceptors (Lipinski definition) is 18. The van der Waals surface area contributed by atoms with Crippen LogP contribution in [0.5, 0.6) is 5.75 Å². The summed E-state index contributed by atoms with van der Waals surface area (Å²) in [4.78, 5) is 26.1. The minimum atomic E-state index is -1.73. The number of fused-ring (bicyclic) bond motifs is 2. The highest BCUT2D eigenvalue weighted by atomic mass is 35.5. The van der Waals surface area contributed by atoms with Gasteiger partial charge in [0, 0.05) is 59.4 Å². The van der Waals surface area contributed by atoms with Gasteiger partial charge in [-0.2, -0.15) is 0 Å². The molecule has 16 N–H and O–H groups in total. The van der Waals surface area contributed by atoms with E-state index in [0.717, 1.165) is 0 Å². The molecule has 0 aromatic heterocycles. The maximum atomic E-state index is 13.9. The van der Waals surface area contributed by atoms with Gasteiger partial charge in [0.1, 0.15) is 72.0 Å². The van der Waals surface area contributed by atoms with Crippen LogP contribution in [-0.2, 0) is 18.9 Å². The van der Waals surface area contributed by atoms with E-state index in [2.05, 4.69) is 5.32 Å². The molecule has 0 spiro atoms. The summed E-state index contributed by atoms with van der Waals surface area (Å²) in [5, 5.41) is 77.9. The molecule has 2 aliphatic carbocycles. The smallest absolute Gasteiger partial charge is 0.252 e. The van der Waals surface area contributed by atoms with Crippen LogP contribution in [0.4, 0.5) is 0 Å². The van der Waals surface area contributed by atoms with E-state index in [9.17, 15) is 45.3 Å². The van der Waals surface area contributed by atoms with Crippen molar-refractivity contribution >= 4 is 66.5 Å². The third-order valence-electron chi connectivity index (χ3n) is 10.9. The number of aliphatic hydroxyl groups is 6. The molecule has 19 nitrogen and oxygen atoms in total. The van der Waals surface area contributed by atoms with E-state index < -0.39 is 97.7 Å².